The molecule has 3 aromatic rings. The summed E-state index contributed by atoms with van der Waals surface area (Å²) in [6, 6.07) is 21.2. The topological polar surface area (TPSA) is 66.5 Å². The van der Waals surface area contributed by atoms with E-state index < -0.39 is 15.8 Å². The summed E-state index contributed by atoms with van der Waals surface area (Å²) in [5.41, 5.74) is 1.76. The number of amides is 1. The lowest BCUT2D eigenvalue weighted by molar-refractivity contribution is 0.0736. The van der Waals surface area contributed by atoms with Crippen molar-refractivity contribution in [2.45, 2.75) is 30.2 Å². The first kappa shape index (κ1) is 21.1. The van der Waals surface area contributed by atoms with Gasteiger partial charge >= 0.3 is 0 Å². The van der Waals surface area contributed by atoms with Gasteiger partial charge in [-0.2, -0.15) is 0 Å². The van der Waals surface area contributed by atoms with E-state index >= 15 is 0 Å². The van der Waals surface area contributed by atoms with Crippen molar-refractivity contribution in [1.82, 2.24) is 4.90 Å². The summed E-state index contributed by atoms with van der Waals surface area (Å²) in [6.07, 6.45) is 2.62. The maximum atomic E-state index is 13.2. The lowest BCUT2D eigenvalue weighted by Crippen LogP contribution is -2.36. The van der Waals surface area contributed by atoms with Crippen LogP contribution in [0.5, 0.6) is 0 Å². The van der Waals surface area contributed by atoms with Crippen LogP contribution in [0.2, 0.25) is 0 Å². The van der Waals surface area contributed by atoms with E-state index in [4.69, 9.17) is 0 Å². The first-order valence-electron chi connectivity index (χ1n) is 10.2. The van der Waals surface area contributed by atoms with E-state index in [1.165, 1.54) is 42.0 Å². The van der Waals surface area contributed by atoms with Crippen LogP contribution in [0, 0.1) is 5.82 Å². The lowest BCUT2D eigenvalue weighted by atomic mass is 10.0. The van der Waals surface area contributed by atoms with Crippen molar-refractivity contribution in [3.8, 4) is 0 Å². The smallest absolute Gasteiger partial charge is 0.261 e. The molecule has 1 saturated heterocycles. The van der Waals surface area contributed by atoms with Crippen LogP contribution in [-0.4, -0.2) is 31.8 Å². The third-order valence-corrected chi connectivity index (χ3v) is 6.82. The Morgan fingerprint density at radius 2 is 1.74 bits per heavy atom. The number of benzene rings is 3. The highest BCUT2D eigenvalue weighted by molar-refractivity contribution is 7.92. The number of nitrogens with one attached hydrogen (secondary N) is 1. The van der Waals surface area contributed by atoms with E-state index in [1.54, 1.807) is 12.1 Å². The maximum Gasteiger partial charge on any atom is 0.261 e. The molecule has 0 aliphatic carbocycles. The van der Waals surface area contributed by atoms with Gasteiger partial charge in [0.2, 0.25) is 0 Å². The third kappa shape index (κ3) is 4.94. The molecule has 1 unspecified atom stereocenters. The molecule has 31 heavy (non-hydrogen) atoms. The molecule has 0 spiro atoms. The highest BCUT2D eigenvalue weighted by Crippen LogP contribution is 2.25. The highest BCUT2D eigenvalue weighted by Gasteiger charge is 2.30. The van der Waals surface area contributed by atoms with Gasteiger partial charge < -0.3 is 4.90 Å². The number of carbonyl (C=O) groups excluding carboxylic acids is 1. The number of likely N-dealkylation sites (tertiary alicyclic amines) is 1. The number of halogens is 1. The van der Waals surface area contributed by atoms with E-state index in [1.807, 2.05) is 23.1 Å². The van der Waals surface area contributed by atoms with Crippen LogP contribution in [0.3, 0.4) is 0 Å². The van der Waals surface area contributed by atoms with Gasteiger partial charge in [-0.25, -0.2) is 12.8 Å². The molecule has 1 amide bonds. The molecule has 0 saturated carbocycles. The van der Waals surface area contributed by atoms with Gasteiger partial charge in [-0.3, -0.25) is 9.52 Å². The Morgan fingerprint density at radius 1 is 1.00 bits per heavy atom. The zero-order valence-corrected chi connectivity index (χ0v) is 17.7. The number of rotatable bonds is 6. The van der Waals surface area contributed by atoms with Crippen LogP contribution in [0.4, 0.5) is 10.1 Å². The first-order valence-corrected chi connectivity index (χ1v) is 11.6. The van der Waals surface area contributed by atoms with Crippen molar-refractivity contribution in [2.75, 3.05) is 11.3 Å². The Balaban J connectivity index is 1.53. The quantitative estimate of drug-likeness (QED) is 0.617. The van der Waals surface area contributed by atoms with Crippen molar-refractivity contribution < 1.29 is 17.6 Å². The number of nitrogens with zero attached hydrogens (tertiary/aromatic N) is 1. The minimum atomic E-state index is -3.91. The van der Waals surface area contributed by atoms with E-state index in [9.17, 15) is 17.6 Å². The SMILES string of the molecule is O=C(c1cccc(S(=O)(=O)Nc2ccc(F)cc2)c1)N1CCCC1Cc1ccccc1. The lowest BCUT2D eigenvalue weighted by Gasteiger charge is -2.25. The zero-order valence-electron chi connectivity index (χ0n) is 16.9. The molecule has 1 atom stereocenters. The van der Waals surface area contributed by atoms with Gasteiger partial charge in [0.1, 0.15) is 5.82 Å². The second kappa shape index (κ2) is 8.89. The summed E-state index contributed by atoms with van der Waals surface area (Å²) in [5, 5.41) is 0. The summed E-state index contributed by atoms with van der Waals surface area (Å²) in [6.45, 7) is 0.654. The van der Waals surface area contributed by atoms with Crippen molar-refractivity contribution in [3.63, 3.8) is 0 Å². The molecule has 1 N–H and O–H groups in total. The molecule has 1 aliphatic rings. The molecule has 1 heterocycles. The molecule has 0 bridgehead atoms. The normalized spacial score (nSPS) is 16.3. The molecule has 3 aromatic carbocycles. The van der Waals surface area contributed by atoms with Crippen LogP contribution in [0.15, 0.2) is 83.8 Å². The molecule has 5 nitrogen and oxygen atoms in total. The second-order valence-electron chi connectivity index (χ2n) is 7.62. The molecule has 160 valence electrons. The van der Waals surface area contributed by atoms with Crippen LogP contribution in [-0.2, 0) is 16.4 Å². The number of carbonyl (C=O) groups is 1. The zero-order chi connectivity index (χ0) is 21.8. The molecular formula is C24H23FN2O3S. The predicted molar refractivity (Wildman–Crippen MR) is 118 cm³/mol. The summed E-state index contributed by atoms with van der Waals surface area (Å²) < 4.78 is 41.0. The fraction of sp³-hybridized carbons (Fsp3) is 0.208. The standard InChI is InChI=1S/C24H23FN2O3S/c25-20-11-13-21(14-12-20)26-31(29,30)23-10-4-8-19(17-23)24(28)27-15-5-9-22(27)16-18-6-2-1-3-7-18/h1-4,6-8,10-14,17,22,26H,5,9,15-16H2. The second-order valence-corrected chi connectivity index (χ2v) is 9.31. The molecule has 0 aromatic heterocycles. The Hall–Kier alpha value is -3.19. The molecule has 4 rings (SSSR count). The van der Waals surface area contributed by atoms with Crippen molar-refractivity contribution >= 4 is 21.6 Å². The van der Waals surface area contributed by atoms with Gasteiger partial charge in [-0.05, 0) is 67.3 Å². The number of anilines is 1. The fourth-order valence-electron chi connectivity index (χ4n) is 3.90. The Kier molecular flexibility index (Phi) is 6.04. The average Bonchev–Trinajstić information content (AvgIpc) is 3.23. The van der Waals surface area contributed by atoms with Crippen LogP contribution in [0.1, 0.15) is 28.8 Å². The van der Waals surface area contributed by atoms with Crippen molar-refractivity contribution in [1.29, 1.82) is 0 Å². The van der Waals surface area contributed by atoms with Crippen LogP contribution in [0.25, 0.3) is 0 Å². The minimum Gasteiger partial charge on any atom is -0.335 e. The number of hydrogen-bond donors (Lipinski definition) is 1. The summed E-state index contributed by atoms with van der Waals surface area (Å²) >= 11 is 0. The average molecular weight is 439 g/mol. The van der Waals surface area contributed by atoms with Gasteiger partial charge in [-0.15, -0.1) is 0 Å². The predicted octanol–water partition coefficient (Wildman–Crippen LogP) is 4.47. The molecular weight excluding hydrogens is 415 g/mol. The van der Waals surface area contributed by atoms with Gasteiger partial charge in [0, 0.05) is 23.8 Å². The van der Waals surface area contributed by atoms with Crippen molar-refractivity contribution in [3.05, 3.63) is 95.8 Å². The largest absolute Gasteiger partial charge is 0.335 e. The minimum absolute atomic E-state index is 0.0125. The summed E-state index contributed by atoms with van der Waals surface area (Å²) in [4.78, 5) is 15.0. The Bertz CT molecular complexity index is 1160. The molecule has 1 aliphatic heterocycles. The van der Waals surface area contributed by atoms with Crippen LogP contribution >= 0.6 is 0 Å². The van der Waals surface area contributed by atoms with E-state index in [-0.39, 0.29) is 22.5 Å². The van der Waals surface area contributed by atoms with Crippen molar-refractivity contribution in [2.24, 2.45) is 0 Å². The molecule has 7 heteroatoms. The van der Waals surface area contributed by atoms with Crippen LogP contribution < -0.4 is 4.72 Å². The van der Waals surface area contributed by atoms with Gasteiger partial charge in [0.15, 0.2) is 0 Å². The number of sulfonamides is 1. The maximum absolute atomic E-state index is 13.2. The van der Waals surface area contributed by atoms with Gasteiger partial charge in [0.05, 0.1) is 4.90 Å². The fourth-order valence-corrected chi connectivity index (χ4v) is 5.00. The van der Waals surface area contributed by atoms with Gasteiger partial charge in [0.25, 0.3) is 15.9 Å². The van der Waals surface area contributed by atoms with E-state index in [0.717, 1.165) is 19.3 Å². The third-order valence-electron chi connectivity index (χ3n) is 5.44. The number of hydrogen-bond acceptors (Lipinski definition) is 3. The Morgan fingerprint density at radius 3 is 2.48 bits per heavy atom. The van der Waals surface area contributed by atoms with E-state index in [2.05, 4.69) is 16.9 Å². The summed E-state index contributed by atoms with van der Waals surface area (Å²) in [5.74, 6) is -0.622. The monoisotopic (exact) mass is 438 g/mol. The first-order chi connectivity index (χ1) is 14.9. The van der Waals surface area contributed by atoms with E-state index in [0.29, 0.717) is 12.1 Å². The molecule has 0 radical (unpaired) electrons. The highest BCUT2D eigenvalue weighted by atomic mass is 32.2. The van der Waals surface area contributed by atoms with Gasteiger partial charge in [-0.1, -0.05) is 36.4 Å². The molecule has 1 fully saturated rings. The Labute approximate surface area is 181 Å². The summed E-state index contributed by atoms with van der Waals surface area (Å²) in [7, 11) is -3.91.